The van der Waals surface area contributed by atoms with Crippen LogP contribution in [0.1, 0.15) is 24.8 Å². The average Bonchev–Trinajstić information content (AvgIpc) is 3.46. The number of nitrogens with two attached hydrogens (primary N) is 2. The molecule has 0 amide bonds. The lowest BCUT2D eigenvalue weighted by atomic mass is 9.73. The van der Waals surface area contributed by atoms with Crippen molar-refractivity contribution in [3.05, 3.63) is 71.9 Å². The van der Waals surface area contributed by atoms with Crippen LogP contribution in [0.3, 0.4) is 0 Å². The Balaban J connectivity index is 1.57. The summed E-state index contributed by atoms with van der Waals surface area (Å²) in [6.45, 7) is 0. The molecule has 4 heterocycles. The predicted molar refractivity (Wildman–Crippen MR) is 127 cm³/mol. The number of pyridine rings is 2. The van der Waals surface area contributed by atoms with Crippen molar-refractivity contribution in [1.82, 2.24) is 24.5 Å². The van der Waals surface area contributed by atoms with E-state index < -0.39 is 0 Å². The molecule has 0 unspecified atom stereocenters. The molecule has 1 fully saturated rings. The molecule has 0 bridgehead atoms. The minimum absolute atomic E-state index is 0.206. The topological polar surface area (TPSA) is 109 Å². The van der Waals surface area contributed by atoms with Gasteiger partial charge in [-0.05, 0) is 61.2 Å². The Labute approximate surface area is 188 Å². The van der Waals surface area contributed by atoms with E-state index in [9.17, 15) is 0 Å². The number of nitrogens with zero attached hydrogens (tertiary/aromatic N) is 5. The maximum Gasteiger partial charge on any atom is 0.165 e. The third-order valence-electron chi connectivity index (χ3n) is 6.18. The van der Waals surface area contributed by atoms with E-state index in [-0.39, 0.29) is 5.54 Å². The van der Waals surface area contributed by atoms with Gasteiger partial charge in [0.05, 0.1) is 5.56 Å². The number of anilines is 1. The Bertz CT molecular complexity index is 1420. The summed E-state index contributed by atoms with van der Waals surface area (Å²) in [4.78, 5) is 18.5. The molecule has 8 heteroatoms. The van der Waals surface area contributed by atoms with Crippen molar-refractivity contribution in [2.75, 3.05) is 5.73 Å². The molecule has 1 aromatic carbocycles. The monoisotopic (exact) mass is 439 g/mol. The summed E-state index contributed by atoms with van der Waals surface area (Å²) in [6, 6.07) is 16.1. The van der Waals surface area contributed by atoms with Crippen molar-refractivity contribution in [3.8, 4) is 27.8 Å². The van der Waals surface area contributed by atoms with Gasteiger partial charge in [0.25, 0.3) is 0 Å². The first-order valence-corrected chi connectivity index (χ1v) is 11.4. The summed E-state index contributed by atoms with van der Waals surface area (Å²) in [5.74, 6) is 1.13. The van der Waals surface area contributed by atoms with Crippen LogP contribution in [-0.4, -0.2) is 24.5 Å². The largest absolute Gasteiger partial charge is 0.383 e. The van der Waals surface area contributed by atoms with Crippen molar-refractivity contribution in [2.45, 2.75) is 24.8 Å². The zero-order valence-corrected chi connectivity index (χ0v) is 18.1. The van der Waals surface area contributed by atoms with Gasteiger partial charge in [0, 0.05) is 29.0 Å². The lowest BCUT2D eigenvalue weighted by Gasteiger charge is -2.38. The number of hydrogen-bond acceptors (Lipinski definition) is 7. The summed E-state index contributed by atoms with van der Waals surface area (Å²) >= 11 is 1.56. The van der Waals surface area contributed by atoms with E-state index in [4.69, 9.17) is 21.4 Å². The van der Waals surface area contributed by atoms with E-state index in [1.165, 1.54) is 6.42 Å². The number of thiazole rings is 1. The summed E-state index contributed by atoms with van der Waals surface area (Å²) in [5, 5.41) is 2.81. The minimum atomic E-state index is -0.206. The summed E-state index contributed by atoms with van der Waals surface area (Å²) < 4.78 is 2.04. The standard InChI is InChI=1S/C24H21N7S/c25-20-17(3-1-12-27-20)21-29-18-8-9-19(23-28-13-14-32-23)30-22(18)31(21)16-6-4-15(5-7-16)24(26)10-2-11-24/h1,3-9,12-14H,2,10-11,26H2,(H2,25,27). The maximum absolute atomic E-state index is 6.54. The van der Waals surface area contributed by atoms with Gasteiger partial charge in [0.2, 0.25) is 0 Å². The molecule has 32 heavy (non-hydrogen) atoms. The maximum atomic E-state index is 6.54. The van der Waals surface area contributed by atoms with Crippen molar-refractivity contribution in [3.63, 3.8) is 0 Å². The zero-order valence-electron chi connectivity index (χ0n) is 17.3. The summed E-state index contributed by atoms with van der Waals surface area (Å²) in [6.07, 6.45) is 6.69. The van der Waals surface area contributed by atoms with Gasteiger partial charge >= 0.3 is 0 Å². The molecule has 1 saturated carbocycles. The van der Waals surface area contributed by atoms with Crippen LogP contribution in [0.25, 0.3) is 38.9 Å². The van der Waals surface area contributed by atoms with Gasteiger partial charge in [0.1, 0.15) is 22.0 Å². The fourth-order valence-electron chi connectivity index (χ4n) is 4.25. The van der Waals surface area contributed by atoms with Crippen LogP contribution >= 0.6 is 11.3 Å². The zero-order chi connectivity index (χ0) is 21.7. The highest BCUT2D eigenvalue weighted by atomic mass is 32.1. The van der Waals surface area contributed by atoms with Crippen LogP contribution in [0.2, 0.25) is 0 Å². The first-order valence-electron chi connectivity index (χ1n) is 10.5. The number of fused-ring (bicyclic) bond motifs is 1. The van der Waals surface area contributed by atoms with Gasteiger partial charge in [-0.25, -0.2) is 19.9 Å². The molecule has 1 aliphatic rings. The van der Waals surface area contributed by atoms with E-state index in [0.717, 1.165) is 51.5 Å². The highest BCUT2D eigenvalue weighted by Gasteiger charge is 2.34. The molecule has 5 aromatic rings. The molecule has 158 valence electrons. The Hall–Kier alpha value is -3.62. The molecule has 0 saturated heterocycles. The third kappa shape index (κ3) is 2.99. The normalized spacial score (nSPS) is 15.0. The fourth-order valence-corrected chi connectivity index (χ4v) is 4.85. The molecular weight excluding hydrogens is 418 g/mol. The van der Waals surface area contributed by atoms with Gasteiger partial charge in [-0.15, -0.1) is 11.3 Å². The number of nitrogen functional groups attached to an aromatic ring is 1. The van der Waals surface area contributed by atoms with E-state index >= 15 is 0 Å². The Morgan fingerprint density at radius 2 is 1.78 bits per heavy atom. The first-order chi connectivity index (χ1) is 15.6. The van der Waals surface area contributed by atoms with Crippen LogP contribution in [-0.2, 0) is 5.54 Å². The van der Waals surface area contributed by atoms with Crippen molar-refractivity contribution in [1.29, 1.82) is 0 Å². The molecule has 0 aliphatic heterocycles. The van der Waals surface area contributed by atoms with Crippen LogP contribution in [0, 0.1) is 0 Å². The number of aromatic nitrogens is 5. The molecule has 0 atom stereocenters. The summed E-state index contributed by atoms with van der Waals surface area (Å²) in [7, 11) is 0. The number of hydrogen-bond donors (Lipinski definition) is 2. The van der Waals surface area contributed by atoms with Gasteiger partial charge in [-0.3, -0.25) is 4.57 Å². The second kappa shape index (κ2) is 7.22. The van der Waals surface area contributed by atoms with Crippen LogP contribution in [0.5, 0.6) is 0 Å². The minimum Gasteiger partial charge on any atom is -0.383 e. The molecule has 4 N–H and O–H groups in total. The fraction of sp³-hybridized carbons (Fsp3) is 0.167. The lowest BCUT2D eigenvalue weighted by Crippen LogP contribution is -2.43. The summed E-state index contributed by atoms with van der Waals surface area (Å²) in [5.41, 5.74) is 17.8. The smallest absolute Gasteiger partial charge is 0.165 e. The molecule has 4 aromatic heterocycles. The molecule has 6 rings (SSSR count). The number of benzene rings is 1. The number of rotatable bonds is 4. The Kier molecular flexibility index (Phi) is 4.31. The van der Waals surface area contributed by atoms with E-state index in [1.807, 2.05) is 34.2 Å². The van der Waals surface area contributed by atoms with Gasteiger partial charge in [-0.2, -0.15) is 0 Å². The average molecular weight is 440 g/mol. The van der Waals surface area contributed by atoms with E-state index in [1.54, 1.807) is 23.7 Å². The second-order valence-electron chi connectivity index (χ2n) is 8.14. The van der Waals surface area contributed by atoms with Crippen molar-refractivity contribution >= 4 is 28.3 Å². The molecule has 7 nitrogen and oxygen atoms in total. The van der Waals surface area contributed by atoms with Crippen LogP contribution in [0.15, 0.2) is 66.3 Å². The highest BCUT2D eigenvalue weighted by molar-refractivity contribution is 7.13. The van der Waals surface area contributed by atoms with Crippen LogP contribution < -0.4 is 11.5 Å². The second-order valence-corrected chi connectivity index (χ2v) is 9.03. The van der Waals surface area contributed by atoms with Gasteiger partial charge < -0.3 is 11.5 Å². The quantitative estimate of drug-likeness (QED) is 0.426. The molecule has 0 radical (unpaired) electrons. The SMILES string of the molecule is Nc1ncccc1-c1nc2ccc(-c3nccs3)nc2n1-c1ccc(C2(N)CCC2)cc1. The Morgan fingerprint density at radius 1 is 0.938 bits per heavy atom. The molecule has 1 aliphatic carbocycles. The van der Waals surface area contributed by atoms with Crippen molar-refractivity contribution in [2.24, 2.45) is 5.73 Å². The van der Waals surface area contributed by atoms with E-state index in [0.29, 0.717) is 11.6 Å². The predicted octanol–water partition coefficient (Wildman–Crippen LogP) is 4.53. The van der Waals surface area contributed by atoms with Gasteiger partial charge in [0.15, 0.2) is 11.5 Å². The van der Waals surface area contributed by atoms with Crippen LogP contribution in [0.4, 0.5) is 5.82 Å². The molecular formula is C24H21N7S. The van der Waals surface area contributed by atoms with E-state index in [2.05, 4.69) is 34.2 Å². The van der Waals surface area contributed by atoms with Crippen molar-refractivity contribution < 1.29 is 0 Å². The molecule has 0 spiro atoms. The Morgan fingerprint density at radius 3 is 2.47 bits per heavy atom. The number of imidazole rings is 1. The first kappa shape index (κ1) is 19.1. The lowest BCUT2D eigenvalue weighted by molar-refractivity contribution is 0.253. The van der Waals surface area contributed by atoms with Gasteiger partial charge in [-0.1, -0.05) is 12.1 Å². The third-order valence-corrected chi connectivity index (χ3v) is 6.98. The highest BCUT2D eigenvalue weighted by Crippen LogP contribution is 2.39.